The lowest BCUT2D eigenvalue weighted by molar-refractivity contribution is -0.116. The van der Waals surface area contributed by atoms with Crippen LogP contribution in [0.5, 0.6) is 5.75 Å². The Bertz CT molecular complexity index is 396. The largest absolute Gasteiger partial charge is 0.494 e. The van der Waals surface area contributed by atoms with Gasteiger partial charge in [0.15, 0.2) is 11.6 Å². The quantitative estimate of drug-likeness (QED) is 0.826. The van der Waals surface area contributed by atoms with Gasteiger partial charge >= 0.3 is 0 Å². The number of hydrogen-bond acceptors (Lipinski definition) is 3. The van der Waals surface area contributed by atoms with Crippen LogP contribution in [0.3, 0.4) is 0 Å². The molecule has 3 N–H and O–H groups in total. The lowest BCUT2D eigenvalue weighted by Crippen LogP contribution is -2.26. The van der Waals surface area contributed by atoms with Crippen LogP contribution in [0.1, 0.15) is 19.8 Å². The minimum absolute atomic E-state index is 0.0996. The zero-order valence-electron chi connectivity index (χ0n) is 10.00. The van der Waals surface area contributed by atoms with Gasteiger partial charge in [-0.2, -0.15) is 0 Å². The first kappa shape index (κ1) is 13.4. The molecular weight excluding hydrogens is 223 g/mol. The second-order valence-electron chi connectivity index (χ2n) is 3.77. The molecule has 1 rings (SSSR count). The van der Waals surface area contributed by atoms with Crippen LogP contribution in [-0.4, -0.2) is 19.1 Å². The second kappa shape index (κ2) is 6.20. The number of ether oxygens (including phenoxy) is 1. The van der Waals surface area contributed by atoms with E-state index in [0.717, 1.165) is 6.42 Å². The summed E-state index contributed by atoms with van der Waals surface area (Å²) >= 11 is 0. The van der Waals surface area contributed by atoms with Crippen LogP contribution < -0.4 is 15.8 Å². The summed E-state index contributed by atoms with van der Waals surface area (Å²) < 4.78 is 17.9. The molecule has 5 heteroatoms. The monoisotopic (exact) mass is 240 g/mol. The Morgan fingerprint density at radius 2 is 2.29 bits per heavy atom. The van der Waals surface area contributed by atoms with Crippen LogP contribution >= 0.6 is 0 Å². The highest BCUT2D eigenvalue weighted by Gasteiger charge is 2.09. The minimum atomic E-state index is -0.462. The predicted molar refractivity (Wildman–Crippen MR) is 64.5 cm³/mol. The van der Waals surface area contributed by atoms with Crippen molar-refractivity contribution < 1.29 is 13.9 Å². The number of carbonyl (C=O) groups is 1. The average Bonchev–Trinajstić information content (AvgIpc) is 2.31. The molecule has 0 saturated carbocycles. The van der Waals surface area contributed by atoms with E-state index < -0.39 is 5.82 Å². The molecule has 0 bridgehead atoms. The highest BCUT2D eigenvalue weighted by Crippen LogP contribution is 2.21. The normalized spacial score (nSPS) is 12.0. The Hall–Kier alpha value is -1.62. The van der Waals surface area contributed by atoms with Crippen molar-refractivity contribution in [2.45, 2.75) is 25.8 Å². The van der Waals surface area contributed by atoms with Crippen molar-refractivity contribution in [1.82, 2.24) is 0 Å². The molecule has 0 fully saturated rings. The summed E-state index contributed by atoms with van der Waals surface area (Å²) in [7, 11) is 1.37. The summed E-state index contributed by atoms with van der Waals surface area (Å²) in [5.74, 6) is -0.550. The maximum Gasteiger partial charge on any atom is 0.225 e. The van der Waals surface area contributed by atoms with E-state index >= 15 is 0 Å². The number of nitrogens with two attached hydrogens (primary N) is 1. The van der Waals surface area contributed by atoms with E-state index in [1.165, 1.54) is 25.3 Å². The smallest absolute Gasteiger partial charge is 0.225 e. The van der Waals surface area contributed by atoms with Crippen molar-refractivity contribution in [3.05, 3.63) is 24.0 Å². The molecular formula is C12H17FN2O2. The fourth-order valence-corrected chi connectivity index (χ4v) is 1.33. The Labute approximate surface area is 100.0 Å². The number of hydrogen-bond donors (Lipinski definition) is 2. The van der Waals surface area contributed by atoms with Crippen molar-refractivity contribution >= 4 is 11.6 Å². The van der Waals surface area contributed by atoms with Gasteiger partial charge in [0.25, 0.3) is 0 Å². The summed E-state index contributed by atoms with van der Waals surface area (Å²) in [6.07, 6.45) is 0.982. The van der Waals surface area contributed by atoms with Crippen LogP contribution in [-0.2, 0) is 4.79 Å². The van der Waals surface area contributed by atoms with Crippen LogP contribution in [0, 0.1) is 5.82 Å². The van der Waals surface area contributed by atoms with Gasteiger partial charge in [0, 0.05) is 24.2 Å². The summed E-state index contributed by atoms with van der Waals surface area (Å²) in [5, 5.41) is 2.64. The number of amides is 1. The van der Waals surface area contributed by atoms with Gasteiger partial charge < -0.3 is 15.8 Å². The molecule has 1 aromatic carbocycles. The number of nitrogens with one attached hydrogen (secondary N) is 1. The number of carbonyl (C=O) groups excluding carboxylic acids is 1. The zero-order valence-corrected chi connectivity index (χ0v) is 10.00. The lowest BCUT2D eigenvalue weighted by atomic mass is 10.1. The molecule has 1 aromatic rings. The van der Waals surface area contributed by atoms with E-state index in [4.69, 9.17) is 10.5 Å². The molecule has 0 aliphatic carbocycles. The molecule has 0 aromatic heterocycles. The van der Waals surface area contributed by atoms with E-state index in [1.54, 1.807) is 0 Å². The molecule has 4 nitrogen and oxygen atoms in total. The highest BCUT2D eigenvalue weighted by atomic mass is 19.1. The summed E-state index contributed by atoms with van der Waals surface area (Å²) in [6.45, 7) is 1.92. The molecule has 1 atom stereocenters. The Morgan fingerprint density at radius 3 is 2.88 bits per heavy atom. The van der Waals surface area contributed by atoms with Crippen molar-refractivity contribution in [2.75, 3.05) is 12.4 Å². The first-order chi connectivity index (χ1) is 8.06. The van der Waals surface area contributed by atoms with Gasteiger partial charge in [0.2, 0.25) is 5.91 Å². The SMILES string of the molecule is CCC(N)CC(=O)Nc1ccc(F)c(OC)c1. The van der Waals surface area contributed by atoms with Crippen LogP contribution in [0.4, 0.5) is 10.1 Å². The summed E-state index contributed by atoms with van der Waals surface area (Å²) in [6, 6.07) is 4.00. The van der Waals surface area contributed by atoms with Crippen molar-refractivity contribution in [2.24, 2.45) is 5.73 Å². The predicted octanol–water partition coefficient (Wildman–Crippen LogP) is 1.90. The van der Waals surface area contributed by atoms with Crippen LogP contribution in [0.15, 0.2) is 18.2 Å². The highest BCUT2D eigenvalue weighted by molar-refractivity contribution is 5.91. The molecule has 0 aliphatic heterocycles. The average molecular weight is 240 g/mol. The standard InChI is InChI=1S/C12H17FN2O2/c1-3-8(14)6-12(16)15-9-4-5-10(13)11(7-9)17-2/h4-5,7-8H,3,6,14H2,1-2H3,(H,15,16). The number of halogens is 1. The number of anilines is 1. The van der Waals surface area contributed by atoms with Crippen molar-refractivity contribution in [3.63, 3.8) is 0 Å². The van der Waals surface area contributed by atoms with Gasteiger partial charge in [-0.3, -0.25) is 4.79 Å². The molecule has 0 spiro atoms. The Balaban J connectivity index is 2.65. The number of rotatable bonds is 5. The molecule has 0 heterocycles. The number of methoxy groups -OCH3 is 1. The Morgan fingerprint density at radius 1 is 1.59 bits per heavy atom. The first-order valence-electron chi connectivity index (χ1n) is 5.45. The van der Waals surface area contributed by atoms with Crippen LogP contribution in [0.25, 0.3) is 0 Å². The maximum atomic E-state index is 13.1. The van der Waals surface area contributed by atoms with Gasteiger partial charge in [-0.1, -0.05) is 6.92 Å². The van der Waals surface area contributed by atoms with E-state index in [1.807, 2.05) is 6.92 Å². The third kappa shape index (κ3) is 4.03. The van der Waals surface area contributed by atoms with E-state index in [-0.39, 0.29) is 24.1 Å². The maximum absolute atomic E-state index is 13.1. The molecule has 94 valence electrons. The fourth-order valence-electron chi connectivity index (χ4n) is 1.33. The third-order valence-electron chi connectivity index (χ3n) is 2.41. The van der Waals surface area contributed by atoms with E-state index in [0.29, 0.717) is 5.69 Å². The van der Waals surface area contributed by atoms with Gasteiger partial charge in [-0.25, -0.2) is 4.39 Å². The van der Waals surface area contributed by atoms with Gasteiger partial charge in [0.1, 0.15) is 0 Å². The van der Waals surface area contributed by atoms with E-state index in [9.17, 15) is 9.18 Å². The van der Waals surface area contributed by atoms with Crippen molar-refractivity contribution in [3.8, 4) is 5.75 Å². The molecule has 0 aliphatic rings. The lowest BCUT2D eigenvalue weighted by Gasteiger charge is -2.10. The fraction of sp³-hybridized carbons (Fsp3) is 0.417. The zero-order chi connectivity index (χ0) is 12.8. The molecule has 0 radical (unpaired) electrons. The first-order valence-corrected chi connectivity index (χ1v) is 5.45. The van der Waals surface area contributed by atoms with Gasteiger partial charge in [-0.05, 0) is 18.6 Å². The number of benzene rings is 1. The third-order valence-corrected chi connectivity index (χ3v) is 2.41. The van der Waals surface area contributed by atoms with E-state index in [2.05, 4.69) is 5.32 Å². The summed E-state index contributed by atoms with van der Waals surface area (Å²) in [4.78, 5) is 11.5. The van der Waals surface area contributed by atoms with Gasteiger partial charge in [-0.15, -0.1) is 0 Å². The topological polar surface area (TPSA) is 64.4 Å². The molecule has 1 amide bonds. The molecule has 1 unspecified atom stereocenters. The Kier molecular flexibility index (Phi) is 4.90. The molecule has 17 heavy (non-hydrogen) atoms. The minimum Gasteiger partial charge on any atom is -0.494 e. The van der Waals surface area contributed by atoms with Crippen LogP contribution in [0.2, 0.25) is 0 Å². The second-order valence-corrected chi connectivity index (χ2v) is 3.77. The molecule has 0 saturated heterocycles. The summed E-state index contributed by atoms with van der Waals surface area (Å²) in [5.41, 5.74) is 6.16. The van der Waals surface area contributed by atoms with Gasteiger partial charge in [0.05, 0.1) is 7.11 Å². The van der Waals surface area contributed by atoms with Crippen molar-refractivity contribution in [1.29, 1.82) is 0 Å².